The molecule has 0 heterocycles. The maximum Gasteiger partial charge on any atom is 0.257 e. The first-order valence-corrected chi connectivity index (χ1v) is 7.11. The zero-order valence-corrected chi connectivity index (χ0v) is 12.9. The highest BCUT2D eigenvalue weighted by atomic mass is 79.9. The Labute approximate surface area is 122 Å². The van der Waals surface area contributed by atoms with Gasteiger partial charge in [-0.25, -0.2) is 0 Å². The molecule has 5 heteroatoms. The summed E-state index contributed by atoms with van der Waals surface area (Å²) in [5.41, 5.74) is 0.657. The van der Waals surface area contributed by atoms with E-state index in [1.54, 1.807) is 12.1 Å². The fourth-order valence-electron chi connectivity index (χ4n) is 1.51. The molecule has 0 aliphatic carbocycles. The molecular formula is C14H20BrNO3. The van der Waals surface area contributed by atoms with Gasteiger partial charge in [-0.3, -0.25) is 4.79 Å². The van der Waals surface area contributed by atoms with E-state index in [1.165, 1.54) is 0 Å². The molecule has 1 amide bonds. The van der Waals surface area contributed by atoms with Crippen LogP contribution in [0.5, 0.6) is 5.75 Å². The molecule has 0 bridgehead atoms. The predicted octanol–water partition coefficient (Wildman–Crippen LogP) is 2.48. The van der Waals surface area contributed by atoms with Crippen molar-refractivity contribution in [1.82, 2.24) is 5.32 Å². The fraction of sp³-hybridized carbons (Fsp3) is 0.500. The molecule has 0 aromatic heterocycles. The van der Waals surface area contributed by atoms with Crippen molar-refractivity contribution in [3.05, 3.63) is 28.2 Å². The molecule has 0 spiro atoms. The van der Waals surface area contributed by atoms with Crippen molar-refractivity contribution in [1.29, 1.82) is 0 Å². The van der Waals surface area contributed by atoms with E-state index in [0.29, 0.717) is 23.8 Å². The summed E-state index contributed by atoms with van der Waals surface area (Å²) >= 11 is 3.32. The van der Waals surface area contributed by atoms with Crippen molar-refractivity contribution in [2.75, 3.05) is 13.2 Å². The Kier molecular flexibility index (Phi) is 6.87. The second kappa shape index (κ2) is 8.17. The van der Waals surface area contributed by atoms with E-state index in [2.05, 4.69) is 35.1 Å². The van der Waals surface area contributed by atoms with Gasteiger partial charge in [-0.05, 0) is 30.5 Å². The van der Waals surface area contributed by atoms with Crippen LogP contribution >= 0.6 is 15.9 Å². The molecule has 19 heavy (non-hydrogen) atoms. The second-order valence-corrected chi connectivity index (χ2v) is 5.65. The number of ether oxygens (including phenoxy) is 1. The zero-order chi connectivity index (χ0) is 14.3. The average molecular weight is 330 g/mol. The number of amides is 1. The molecule has 0 unspecified atom stereocenters. The number of nitrogens with one attached hydrogen (secondary N) is 1. The lowest BCUT2D eigenvalue weighted by molar-refractivity contribution is -0.123. The number of halogens is 1. The van der Waals surface area contributed by atoms with Gasteiger partial charge in [0.2, 0.25) is 0 Å². The van der Waals surface area contributed by atoms with Gasteiger partial charge in [0.05, 0.1) is 6.61 Å². The van der Waals surface area contributed by atoms with Crippen molar-refractivity contribution < 1.29 is 14.6 Å². The zero-order valence-electron chi connectivity index (χ0n) is 11.3. The Hall–Kier alpha value is -1.07. The fourth-order valence-corrected chi connectivity index (χ4v) is 1.92. The lowest BCUT2D eigenvalue weighted by Gasteiger charge is -2.11. The second-order valence-electron chi connectivity index (χ2n) is 4.73. The average Bonchev–Trinajstić information content (AvgIpc) is 2.36. The summed E-state index contributed by atoms with van der Waals surface area (Å²) in [5, 5.41) is 12.0. The van der Waals surface area contributed by atoms with Crippen LogP contribution in [0.25, 0.3) is 0 Å². The third-order valence-corrected chi connectivity index (χ3v) is 3.09. The van der Waals surface area contributed by atoms with Crippen LogP contribution in [0.3, 0.4) is 0 Å². The van der Waals surface area contributed by atoms with E-state index in [4.69, 9.17) is 4.74 Å². The van der Waals surface area contributed by atoms with Gasteiger partial charge in [-0.1, -0.05) is 29.8 Å². The number of carbonyl (C=O) groups excluding carboxylic acids is 1. The van der Waals surface area contributed by atoms with Crippen LogP contribution in [0, 0.1) is 5.92 Å². The van der Waals surface area contributed by atoms with Gasteiger partial charge in [-0.2, -0.15) is 0 Å². The number of aliphatic hydroxyl groups is 1. The summed E-state index contributed by atoms with van der Waals surface area (Å²) in [6.07, 6.45) is 0.950. The summed E-state index contributed by atoms with van der Waals surface area (Å²) in [5.74, 6) is 0.950. The molecule has 1 aromatic carbocycles. The number of rotatable bonds is 7. The Morgan fingerprint density at radius 1 is 1.47 bits per heavy atom. The van der Waals surface area contributed by atoms with Gasteiger partial charge in [-0.15, -0.1) is 0 Å². The predicted molar refractivity (Wildman–Crippen MR) is 78.0 cm³/mol. The molecule has 2 N–H and O–H groups in total. The molecule has 0 saturated carbocycles. The minimum absolute atomic E-state index is 0.0350. The number of aliphatic hydroxyl groups excluding tert-OH is 1. The third-order valence-electron chi connectivity index (χ3n) is 2.60. The van der Waals surface area contributed by atoms with Gasteiger partial charge in [0.15, 0.2) is 6.61 Å². The van der Waals surface area contributed by atoms with Crippen molar-refractivity contribution in [2.24, 2.45) is 5.92 Å². The minimum Gasteiger partial charge on any atom is -0.483 e. The summed E-state index contributed by atoms with van der Waals surface area (Å²) < 4.78 is 6.28. The highest BCUT2D eigenvalue weighted by molar-refractivity contribution is 9.10. The van der Waals surface area contributed by atoms with E-state index >= 15 is 0 Å². The summed E-state index contributed by atoms with van der Waals surface area (Å²) in [6.45, 7) is 4.72. The molecule has 0 atom stereocenters. The van der Waals surface area contributed by atoms with E-state index in [0.717, 1.165) is 10.9 Å². The number of carbonyl (C=O) groups is 1. The van der Waals surface area contributed by atoms with Gasteiger partial charge in [0, 0.05) is 16.6 Å². The number of hydrogen-bond donors (Lipinski definition) is 2. The van der Waals surface area contributed by atoms with Crippen LogP contribution in [0.2, 0.25) is 0 Å². The van der Waals surface area contributed by atoms with E-state index in [9.17, 15) is 9.90 Å². The monoisotopic (exact) mass is 329 g/mol. The largest absolute Gasteiger partial charge is 0.483 e. The summed E-state index contributed by atoms with van der Waals surface area (Å²) in [6, 6.07) is 5.31. The Bertz CT molecular complexity index is 421. The standard InChI is InChI=1S/C14H20BrNO3/c1-10(2)5-6-16-14(18)9-19-13-4-3-12(15)7-11(13)8-17/h3-4,7,10,17H,5-6,8-9H2,1-2H3,(H,16,18). The molecule has 0 fully saturated rings. The molecule has 0 aliphatic rings. The van der Waals surface area contributed by atoms with Gasteiger partial charge in [0.25, 0.3) is 5.91 Å². The highest BCUT2D eigenvalue weighted by Gasteiger charge is 2.07. The van der Waals surface area contributed by atoms with E-state index in [-0.39, 0.29) is 19.1 Å². The van der Waals surface area contributed by atoms with E-state index < -0.39 is 0 Å². The van der Waals surface area contributed by atoms with Crippen molar-refractivity contribution in [3.63, 3.8) is 0 Å². The maximum atomic E-state index is 11.6. The number of benzene rings is 1. The van der Waals surface area contributed by atoms with Gasteiger partial charge in [0.1, 0.15) is 5.75 Å². The van der Waals surface area contributed by atoms with Crippen LogP contribution in [-0.4, -0.2) is 24.2 Å². The van der Waals surface area contributed by atoms with Crippen LogP contribution in [-0.2, 0) is 11.4 Å². The van der Waals surface area contributed by atoms with Gasteiger partial charge >= 0.3 is 0 Å². The third kappa shape index (κ3) is 6.07. The molecule has 1 rings (SSSR count). The lowest BCUT2D eigenvalue weighted by Crippen LogP contribution is -2.30. The van der Waals surface area contributed by atoms with Crippen LogP contribution < -0.4 is 10.1 Å². The van der Waals surface area contributed by atoms with Crippen molar-refractivity contribution >= 4 is 21.8 Å². The van der Waals surface area contributed by atoms with Crippen LogP contribution in [0.4, 0.5) is 0 Å². The van der Waals surface area contributed by atoms with Crippen molar-refractivity contribution in [2.45, 2.75) is 26.9 Å². The molecule has 1 aromatic rings. The first-order chi connectivity index (χ1) is 9.02. The quantitative estimate of drug-likeness (QED) is 0.808. The molecular weight excluding hydrogens is 310 g/mol. The number of hydrogen-bond acceptors (Lipinski definition) is 3. The molecule has 0 saturated heterocycles. The SMILES string of the molecule is CC(C)CCNC(=O)COc1ccc(Br)cc1CO. The van der Waals surface area contributed by atoms with Gasteiger partial charge < -0.3 is 15.2 Å². The van der Waals surface area contributed by atoms with E-state index in [1.807, 2.05) is 6.07 Å². The Morgan fingerprint density at radius 2 is 2.21 bits per heavy atom. The molecule has 106 valence electrons. The minimum atomic E-state index is -0.146. The summed E-state index contributed by atoms with van der Waals surface area (Å²) in [7, 11) is 0. The summed E-state index contributed by atoms with van der Waals surface area (Å²) in [4.78, 5) is 11.6. The normalized spacial score (nSPS) is 10.6. The lowest BCUT2D eigenvalue weighted by atomic mass is 10.1. The first kappa shape index (κ1) is 16.0. The van der Waals surface area contributed by atoms with Crippen molar-refractivity contribution in [3.8, 4) is 5.75 Å². The molecule has 0 radical (unpaired) electrons. The smallest absolute Gasteiger partial charge is 0.257 e. The first-order valence-electron chi connectivity index (χ1n) is 6.31. The highest BCUT2D eigenvalue weighted by Crippen LogP contribution is 2.23. The topological polar surface area (TPSA) is 58.6 Å². The molecule has 4 nitrogen and oxygen atoms in total. The molecule has 0 aliphatic heterocycles. The van der Waals surface area contributed by atoms with Crippen LogP contribution in [0.1, 0.15) is 25.8 Å². The van der Waals surface area contributed by atoms with Crippen LogP contribution in [0.15, 0.2) is 22.7 Å². The Balaban J connectivity index is 2.41. The Morgan fingerprint density at radius 3 is 2.84 bits per heavy atom. The maximum absolute atomic E-state index is 11.6.